The third-order valence-corrected chi connectivity index (χ3v) is 3.82. The van der Waals surface area contributed by atoms with E-state index in [0.717, 1.165) is 11.1 Å². The van der Waals surface area contributed by atoms with Crippen molar-refractivity contribution in [2.24, 2.45) is 5.73 Å². The van der Waals surface area contributed by atoms with E-state index in [1.165, 1.54) is 4.90 Å². The Kier molecular flexibility index (Phi) is 4.64. The van der Waals surface area contributed by atoms with Gasteiger partial charge in [0.05, 0.1) is 17.2 Å². The molecule has 0 aromatic heterocycles. The summed E-state index contributed by atoms with van der Waals surface area (Å²) in [6.45, 7) is 2.19. The fraction of sp³-hybridized carbons (Fsp3) is 0.176. The van der Waals surface area contributed by atoms with Gasteiger partial charge >= 0.3 is 0 Å². The van der Waals surface area contributed by atoms with Crippen LogP contribution in [0, 0.1) is 6.92 Å². The lowest BCUT2D eigenvalue weighted by Gasteiger charge is -2.25. The van der Waals surface area contributed by atoms with Gasteiger partial charge in [0.15, 0.2) is 0 Å². The molecule has 5 heteroatoms. The zero-order valence-electron chi connectivity index (χ0n) is 12.2. The first-order chi connectivity index (χ1) is 10.1. The molecule has 0 saturated carbocycles. The Morgan fingerprint density at radius 2 is 1.45 bits per heavy atom. The molecule has 1 aliphatic heterocycles. The maximum atomic E-state index is 12.5. The summed E-state index contributed by atoms with van der Waals surface area (Å²) in [4.78, 5) is 26.3. The van der Waals surface area contributed by atoms with E-state index in [1.807, 2.05) is 31.2 Å². The molecule has 2 N–H and O–H groups in total. The van der Waals surface area contributed by atoms with Crippen LogP contribution in [-0.4, -0.2) is 23.3 Å². The van der Waals surface area contributed by atoms with Gasteiger partial charge in [-0.25, -0.2) is 0 Å². The molecule has 4 nitrogen and oxygen atoms in total. The predicted molar refractivity (Wildman–Crippen MR) is 87.2 cm³/mol. The highest BCUT2D eigenvalue weighted by Crippen LogP contribution is 2.30. The number of nitrogens with two attached hydrogens (primary N) is 1. The van der Waals surface area contributed by atoms with E-state index < -0.39 is 6.04 Å². The average molecular weight is 317 g/mol. The van der Waals surface area contributed by atoms with E-state index in [-0.39, 0.29) is 30.8 Å². The summed E-state index contributed by atoms with van der Waals surface area (Å²) in [6, 6.07) is 14.2. The van der Waals surface area contributed by atoms with Crippen LogP contribution in [0.2, 0.25) is 0 Å². The highest BCUT2D eigenvalue weighted by molar-refractivity contribution is 6.21. The second-order valence-electron chi connectivity index (χ2n) is 5.19. The van der Waals surface area contributed by atoms with Crippen molar-refractivity contribution in [3.05, 3.63) is 70.8 Å². The molecule has 0 radical (unpaired) electrons. The zero-order chi connectivity index (χ0) is 15.0. The number of imide groups is 1. The predicted octanol–water partition coefficient (Wildman–Crippen LogP) is 2.71. The molecular weight excluding hydrogens is 300 g/mol. The third-order valence-electron chi connectivity index (χ3n) is 3.82. The van der Waals surface area contributed by atoms with Crippen LogP contribution in [0.1, 0.15) is 37.9 Å². The van der Waals surface area contributed by atoms with Crippen molar-refractivity contribution in [1.29, 1.82) is 0 Å². The number of carbonyl (C=O) groups is 2. The SMILES string of the molecule is Cc1ccc(C(CN)N2C(=O)c3ccccc3C2=O)cc1.Cl. The van der Waals surface area contributed by atoms with Crippen molar-refractivity contribution in [1.82, 2.24) is 4.90 Å². The summed E-state index contributed by atoms with van der Waals surface area (Å²) in [5.74, 6) is -0.543. The molecule has 114 valence electrons. The number of benzene rings is 2. The molecule has 1 unspecified atom stereocenters. The number of hydrogen-bond acceptors (Lipinski definition) is 3. The first kappa shape index (κ1) is 16.2. The molecule has 0 fully saturated rings. The molecule has 2 amide bonds. The number of nitrogens with zero attached hydrogens (tertiary/aromatic N) is 1. The maximum absolute atomic E-state index is 12.5. The van der Waals surface area contributed by atoms with Gasteiger partial charge in [0.25, 0.3) is 11.8 Å². The molecule has 1 aliphatic rings. The molecule has 1 heterocycles. The standard InChI is InChI=1S/C17H16N2O2.ClH/c1-11-6-8-12(9-7-11)15(10-18)19-16(20)13-4-2-3-5-14(13)17(19)21;/h2-9,15H,10,18H2,1H3;1H. The third kappa shape index (κ3) is 2.51. The first-order valence-electron chi connectivity index (χ1n) is 6.87. The van der Waals surface area contributed by atoms with E-state index in [4.69, 9.17) is 5.73 Å². The van der Waals surface area contributed by atoms with E-state index in [9.17, 15) is 9.59 Å². The minimum Gasteiger partial charge on any atom is -0.328 e. The quantitative estimate of drug-likeness (QED) is 0.886. The van der Waals surface area contributed by atoms with Crippen molar-refractivity contribution in [2.75, 3.05) is 6.54 Å². The fourth-order valence-corrected chi connectivity index (χ4v) is 2.67. The van der Waals surface area contributed by atoms with Crippen LogP contribution >= 0.6 is 12.4 Å². The van der Waals surface area contributed by atoms with Gasteiger partial charge in [0, 0.05) is 6.54 Å². The maximum Gasteiger partial charge on any atom is 0.262 e. The Bertz CT molecular complexity index is 678. The summed E-state index contributed by atoms with van der Waals surface area (Å²) < 4.78 is 0. The molecule has 0 spiro atoms. The number of rotatable bonds is 3. The number of carbonyl (C=O) groups excluding carboxylic acids is 2. The largest absolute Gasteiger partial charge is 0.328 e. The molecule has 2 aromatic rings. The van der Waals surface area contributed by atoms with Crippen LogP contribution in [-0.2, 0) is 0 Å². The normalized spacial score (nSPS) is 14.5. The molecule has 0 saturated heterocycles. The Hall–Kier alpha value is -2.17. The lowest BCUT2D eigenvalue weighted by Crippen LogP contribution is -2.38. The Balaban J connectivity index is 0.00000176. The minimum absolute atomic E-state index is 0. The molecule has 3 rings (SSSR count). The molecular formula is C17H17ClN2O2. The highest BCUT2D eigenvalue weighted by atomic mass is 35.5. The molecule has 22 heavy (non-hydrogen) atoms. The van der Waals surface area contributed by atoms with Gasteiger partial charge in [0.1, 0.15) is 0 Å². The molecule has 1 atom stereocenters. The number of amides is 2. The molecule has 2 aromatic carbocycles. The average Bonchev–Trinajstić information content (AvgIpc) is 2.76. The van der Waals surface area contributed by atoms with Gasteiger partial charge in [-0.2, -0.15) is 0 Å². The fourth-order valence-electron chi connectivity index (χ4n) is 2.67. The Labute approximate surface area is 135 Å². The summed E-state index contributed by atoms with van der Waals surface area (Å²) in [5, 5.41) is 0. The topological polar surface area (TPSA) is 63.4 Å². The van der Waals surface area contributed by atoms with Crippen LogP contribution in [0.25, 0.3) is 0 Å². The van der Waals surface area contributed by atoms with E-state index in [2.05, 4.69) is 0 Å². The summed E-state index contributed by atoms with van der Waals surface area (Å²) >= 11 is 0. The van der Waals surface area contributed by atoms with Crippen molar-refractivity contribution in [3.63, 3.8) is 0 Å². The smallest absolute Gasteiger partial charge is 0.262 e. The number of aryl methyl sites for hydroxylation is 1. The Morgan fingerprint density at radius 1 is 0.955 bits per heavy atom. The van der Waals surface area contributed by atoms with Gasteiger partial charge in [0.2, 0.25) is 0 Å². The second kappa shape index (κ2) is 6.30. The number of hydrogen-bond donors (Lipinski definition) is 1. The Morgan fingerprint density at radius 3 is 1.91 bits per heavy atom. The van der Waals surface area contributed by atoms with Crippen molar-refractivity contribution in [2.45, 2.75) is 13.0 Å². The molecule has 0 bridgehead atoms. The summed E-state index contributed by atoms with van der Waals surface area (Å²) in [5.41, 5.74) is 8.73. The number of fused-ring (bicyclic) bond motifs is 1. The van der Waals surface area contributed by atoms with Crippen LogP contribution in [0.3, 0.4) is 0 Å². The minimum atomic E-state index is -0.432. The highest BCUT2D eigenvalue weighted by Gasteiger charge is 2.39. The van der Waals surface area contributed by atoms with Gasteiger partial charge in [-0.15, -0.1) is 12.4 Å². The van der Waals surface area contributed by atoms with Crippen molar-refractivity contribution in [3.8, 4) is 0 Å². The van der Waals surface area contributed by atoms with Crippen LogP contribution in [0.15, 0.2) is 48.5 Å². The van der Waals surface area contributed by atoms with Gasteiger partial charge in [-0.1, -0.05) is 42.0 Å². The lowest BCUT2D eigenvalue weighted by atomic mass is 10.0. The molecule has 0 aliphatic carbocycles. The summed E-state index contributed by atoms with van der Waals surface area (Å²) in [6.07, 6.45) is 0. The summed E-state index contributed by atoms with van der Waals surface area (Å²) in [7, 11) is 0. The second-order valence-corrected chi connectivity index (χ2v) is 5.19. The van der Waals surface area contributed by atoms with E-state index >= 15 is 0 Å². The van der Waals surface area contributed by atoms with E-state index in [1.54, 1.807) is 24.3 Å². The first-order valence-corrected chi connectivity index (χ1v) is 6.87. The van der Waals surface area contributed by atoms with Crippen molar-refractivity contribution < 1.29 is 9.59 Å². The number of halogens is 1. The monoisotopic (exact) mass is 316 g/mol. The van der Waals surface area contributed by atoms with Gasteiger partial charge in [-0.3, -0.25) is 14.5 Å². The van der Waals surface area contributed by atoms with Gasteiger partial charge in [-0.05, 0) is 24.6 Å². The van der Waals surface area contributed by atoms with Crippen molar-refractivity contribution >= 4 is 24.2 Å². The van der Waals surface area contributed by atoms with Crippen LogP contribution in [0.5, 0.6) is 0 Å². The van der Waals surface area contributed by atoms with E-state index in [0.29, 0.717) is 11.1 Å². The lowest BCUT2D eigenvalue weighted by molar-refractivity contribution is 0.0587. The van der Waals surface area contributed by atoms with Gasteiger partial charge < -0.3 is 5.73 Å². The van der Waals surface area contributed by atoms with Crippen LogP contribution < -0.4 is 5.73 Å². The van der Waals surface area contributed by atoms with Crippen LogP contribution in [0.4, 0.5) is 0 Å². The zero-order valence-corrected chi connectivity index (χ0v) is 13.0.